The van der Waals surface area contributed by atoms with E-state index < -0.39 is 0 Å². The van der Waals surface area contributed by atoms with E-state index in [4.69, 9.17) is 4.74 Å². The maximum absolute atomic E-state index is 5.61. The van der Waals surface area contributed by atoms with E-state index in [-0.39, 0.29) is 5.60 Å². The van der Waals surface area contributed by atoms with E-state index in [9.17, 15) is 0 Å². The Hall–Kier alpha value is -1.42. The molecule has 2 aromatic heterocycles. The Bertz CT molecular complexity index is 496. The molecule has 1 saturated carbocycles. The highest BCUT2D eigenvalue weighted by Gasteiger charge is 2.37. The van der Waals surface area contributed by atoms with E-state index in [1.165, 1.54) is 6.42 Å². The number of aromatic nitrogens is 3. The van der Waals surface area contributed by atoms with E-state index in [1.54, 1.807) is 13.3 Å². The Morgan fingerprint density at radius 2 is 2.38 bits per heavy atom. The van der Waals surface area contributed by atoms with Crippen LogP contribution >= 0.6 is 0 Å². The largest absolute Gasteiger partial charge is 0.376 e. The summed E-state index contributed by atoms with van der Waals surface area (Å²) in [6.45, 7) is 0.832. The Balaban J connectivity index is 1.94. The maximum atomic E-state index is 5.61. The molecule has 2 aromatic rings. The lowest BCUT2D eigenvalue weighted by Gasteiger charge is -2.40. The Labute approximate surface area is 94.2 Å². The number of methoxy groups -OCH3 is 1. The maximum Gasteiger partial charge on any atom is 0.108 e. The van der Waals surface area contributed by atoms with Crippen molar-refractivity contribution in [1.29, 1.82) is 0 Å². The van der Waals surface area contributed by atoms with Crippen molar-refractivity contribution in [2.45, 2.75) is 31.4 Å². The van der Waals surface area contributed by atoms with Crippen molar-refractivity contribution in [3.05, 3.63) is 24.5 Å². The Morgan fingerprint density at radius 1 is 1.50 bits per heavy atom. The van der Waals surface area contributed by atoms with Crippen LogP contribution in [0.2, 0.25) is 0 Å². The second kappa shape index (κ2) is 3.56. The molecule has 4 nitrogen and oxygen atoms in total. The number of nitrogens with zero attached hydrogens (tertiary/aromatic N) is 3. The minimum absolute atomic E-state index is 0.00872. The van der Waals surface area contributed by atoms with Crippen LogP contribution in [0.15, 0.2) is 24.5 Å². The zero-order chi connectivity index (χ0) is 11.0. The quantitative estimate of drug-likeness (QED) is 0.789. The van der Waals surface area contributed by atoms with Crippen LogP contribution in [0.4, 0.5) is 0 Å². The molecule has 4 heteroatoms. The molecular formula is C12H15N3O. The van der Waals surface area contributed by atoms with Crippen LogP contribution in [0, 0.1) is 0 Å². The fourth-order valence-corrected chi connectivity index (χ4v) is 2.31. The summed E-state index contributed by atoms with van der Waals surface area (Å²) in [4.78, 5) is 4.28. The fourth-order valence-electron chi connectivity index (χ4n) is 2.31. The van der Waals surface area contributed by atoms with Crippen LogP contribution in [0.1, 0.15) is 19.3 Å². The Kier molecular flexibility index (Phi) is 2.17. The first-order valence-corrected chi connectivity index (χ1v) is 5.65. The number of hydrogen-bond acceptors (Lipinski definition) is 3. The molecule has 0 saturated heterocycles. The molecule has 0 amide bonds. The van der Waals surface area contributed by atoms with Gasteiger partial charge in [0.25, 0.3) is 0 Å². The Morgan fingerprint density at radius 3 is 3.06 bits per heavy atom. The van der Waals surface area contributed by atoms with Crippen molar-refractivity contribution in [3.63, 3.8) is 0 Å². The first-order valence-electron chi connectivity index (χ1n) is 5.65. The van der Waals surface area contributed by atoms with Gasteiger partial charge in [0, 0.05) is 13.3 Å². The van der Waals surface area contributed by atoms with E-state index in [1.807, 2.05) is 16.9 Å². The minimum Gasteiger partial charge on any atom is -0.376 e. The first-order chi connectivity index (χ1) is 7.83. The zero-order valence-corrected chi connectivity index (χ0v) is 9.39. The first kappa shape index (κ1) is 9.78. The third-order valence-electron chi connectivity index (χ3n) is 3.55. The molecule has 0 atom stereocenters. The number of hydrogen-bond donors (Lipinski definition) is 0. The summed E-state index contributed by atoms with van der Waals surface area (Å²) in [5.41, 5.74) is 2.05. The van der Waals surface area contributed by atoms with Crippen LogP contribution in [0.3, 0.4) is 0 Å². The van der Waals surface area contributed by atoms with Crippen molar-refractivity contribution in [1.82, 2.24) is 14.8 Å². The SMILES string of the molecule is COC1(Cn2ncc3ncccc32)CCC1. The lowest BCUT2D eigenvalue weighted by molar-refractivity contribution is -0.0847. The van der Waals surface area contributed by atoms with E-state index >= 15 is 0 Å². The summed E-state index contributed by atoms with van der Waals surface area (Å²) >= 11 is 0. The van der Waals surface area contributed by atoms with Gasteiger partial charge in [0.2, 0.25) is 0 Å². The molecule has 0 unspecified atom stereocenters. The van der Waals surface area contributed by atoms with Crippen molar-refractivity contribution in [2.24, 2.45) is 0 Å². The molecule has 0 aliphatic heterocycles. The van der Waals surface area contributed by atoms with Gasteiger partial charge in [-0.05, 0) is 31.4 Å². The van der Waals surface area contributed by atoms with Gasteiger partial charge >= 0.3 is 0 Å². The van der Waals surface area contributed by atoms with Crippen molar-refractivity contribution in [3.8, 4) is 0 Å². The van der Waals surface area contributed by atoms with E-state index in [0.717, 1.165) is 30.4 Å². The van der Waals surface area contributed by atoms with Crippen LogP contribution in [-0.2, 0) is 11.3 Å². The number of pyridine rings is 1. The van der Waals surface area contributed by atoms with Crippen molar-refractivity contribution >= 4 is 11.0 Å². The highest BCUT2D eigenvalue weighted by atomic mass is 16.5. The summed E-state index contributed by atoms with van der Waals surface area (Å²) < 4.78 is 7.62. The predicted octanol–water partition coefficient (Wildman–Crippen LogP) is 2.00. The molecule has 0 radical (unpaired) electrons. The number of ether oxygens (including phenoxy) is 1. The molecule has 1 aliphatic rings. The molecule has 0 N–H and O–H groups in total. The topological polar surface area (TPSA) is 39.9 Å². The monoisotopic (exact) mass is 217 g/mol. The summed E-state index contributed by atoms with van der Waals surface area (Å²) in [5.74, 6) is 0. The van der Waals surface area contributed by atoms with E-state index in [0.29, 0.717) is 0 Å². The average molecular weight is 217 g/mol. The van der Waals surface area contributed by atoms with Gasteiger partial charge in [-0.25, -0.2) is 0 Å². The van der Waals surface area contributed by atoms with Gasteiger partial charge < -0.3 is 4.74 Å². The van der Waals surface area contributed by atoms with Crippen molar-refractivity contribution < 1.29 is 4.74 Å². The lowest BCUT2D eigenvalue weighted by atomic mass is 9.80. The fraction of sp³-hybridized carbons (Fsp3) is 0.500. The second-order valence-corrected chi connectivity index (χ2v) is 4.45. The highest BCUT2D eigenvalue weighted by Crippen LogP contribution is 2.36. The zero-order valence-electron chi connectivity index (χ0n) is 9.39. The molecule has 0 bridgehead atoms. The van der Waals surface area contributed by atoms with Gasteiger partial charge in [-0.15, -0.1) is 0 Å². The highest BCUT2D eigenvalue weighted by molar-refractivity contribution is 5.73. The molecule has 1 aliphatic carbocycles. The average Bonchev–Trinajstić information content (AvgIpc) is 2.67. The van der Waals surface area contributed by atoms with Gasteiger partial charge in [-0.3, -0.25) is 9.67 Å². The smallest absolute Gasteiger partial charge is 0.108 e. The third kappa shape index (κ3) is 1.41. The summed E-state index contributed by atoms with van der Waals surface area (Å²) in [6.07, 6.45) is 7.13. The van der Waals surface area contributed by atoms with Crippen LogP contribution in [0.5, 0.6) is 0 Å². The summed E-state index contributed by atoms with van der Waals surface area (Å²) in [6, 6.07) is 4.00. The van der Waals surface area contributed by atoms with Crippen LogP contribution in [0.25, 0.3) is 11.0 Å². The number of fused-ring (bicyclic) bond motifs is 1. The minimum atomic E-state index is 0.00872. The van der Waals surface area contributed by atoms with Gasteiger partial charge in [-0.1, -0.05) is 0 Å². The van der Waals surface area contributed by atoms with Gasteiger partial charge in [-0.2, -0.15) is 5.10 Å². The molecule has 84 valence electrons. The van der Waals surface area contributed by atoms with E-state index in [2.05, 4.69) is 16.1 Å². The van der Waals surface area contributed by atoms with Gasteiger partial charge in [0.1, 0.15) is 5.52 Å². The predicted molar refractivity (Wildman–Crippen MR) is 61.1 cm³/mol. The molecule has 16 heavy (non-hydrogen) atoms. The van der Waals surface area contributed by atoms with Crippen LogP contribution < -0.4 is 0 Å². The molecule has 3 rings (SSSR count). The van der Waals surface area contributed by atoms with Gasteiger partial charge in [0.05, 0.1) is 23.9 Å². The lowest BCUT2D eigenvalue weighted by Crippen LogP contribution is -2.43. The number of rotatable bonds is 3. The van der Waals surface area contributed by atoms with Gasteiger partial charge in [0.15, 0.2) is 0 Å². The molecule has 0 aromatic carbocycles. The summed E-state index contributed by atoms with van der Waals surface area (Å²) in [5, 5.41) is 4.38. The van der Waals surface area contributed by atoms with Crippen molar-refractivity contribution in [2.75, 3.05) is 7.11 Å². The third-order valence-corrected chi connectivity index (χ3v) is 3.55. The second-order valence-electron chi connectivity index (χ2n) is 4.45. The van der Waals surface area contributed by atoms with Crippen LogP contribution in [-0.4, -0.2) is 27.5 Å². The summed E-state index contributed by atoms with van der Waals surface area (Å²) in [7, 11) is 1.79. The standard InChI is InChI=1S/C12H15N3O/c1-16-12(5-3-6-12)9-15-11-4-2-7-13-10(11)8-14-15/h2,4,7-8H,3,5-6,9H2,1H3. The normalized spacial score (nSPS) is 18.6. The molecule has 0 spiro atoms. The molecule has 1 fully saturated rings. The molecule has 2 heterocycles. The molecular weight excluding hydrogens is 202 g/mol.